The summed E-state index contributed by atoms with van der Waals surface area (Å²) in [6.45, 7) is 3.45. The standard InChI is InChI=1S/C54H103NO10/c1-3-5-7-9-11-13-15-17-19-21-23-24-26-27-29-31-33-35-37-39-41-46(57)49(59)45(44-64-54-52(62)51(61)50(60)48(43-56)65-54)55-53(63)47(58)42-40-38-36-34-32-30-28-25-22-20-18-16-14-12-10-8-6-4-2/h26-27,33,35,45-52,54,56-62H,3-25,28-32,34,36-44H2,1-2H3,(H,55,63)/b27-26+,35-33+. The summed E-state index contributed by atoms with van der Waals surface area (Å²) < 4.78 is 11.1. The van der Waals surface area contributed by atoms with Gasteiger partial charge in [-0.05, 0) is 51.4 Å². The van der Waals surface area contributed by atoms with E-state index in [0.29, 0.717) is 19.3 Å². The van der Waals surface area contributed by atoms with Crippen molar-refractivity contribution in [2.45, 2.75) is 300 Å². The lowest BCUT2D eigenvalue weighted by Crippen LogP contribution is -2.60. The molecule has 0 bridgehead atoms. The van der Waals surface area contributed by atoms with E-state index in [9.17, 15) is 40.5 Å². The van der Waals surface area contributed by atoms with Crippen LogP contribution in [0.2, 0.25) is 0 Å². The number of ether oxygens (including phenoxy) is 2. The van der Waals surface area contributed by atoms with E-state index in [4.69, 9.17) is 9.47 Å². The van der Waals surface area contributed by atoms with Crippen molar-refractivity contribution >= 4 is 5.91 Å². The van der Waals surface area contributed by atoms with Crippen LogP contribution in [0.1, 0.15) is 245 Å². The zero-order chi connectivity index (χ0) is 47.6. The molecular weight excluding hydrogens is 823 g/mol. The molecule has 1 fully saturated rings. The number of nitrogens with one attached hydrogen (secondary N) is 1. The van der Waals surface area contributed by atoms with Crippen molar-refractivity contribution in [3.63, 3.8) is 0 Å². The smallest absolute Gasteiger partial charge is 0.249 e. The minimum absolute atomic E-state index is 0.249. The largest absolute Gasteiger partial charge is 0.394 e. The minimum atomic E-state index is -1.67. The number of amides is 1. The van der Waals surface area contributed by atoms with E-state index in [1.165, 1.54) is 161 Å². The number of carbonyl (C=O) groups is 1. The molecule has 9 unspecified atom stereocenters. The maximum atomic E-state index is 13.1. The van der Waals surface area contributed by atoms with E-state index in [1.54, 1.807) is 0 Å². The van der Waals surface area contributed by atoms with Crippen molar-refractivity contribution in [2.24, 2.45) is 0 Å². The van der Waals surface area contributed by atoms with E-state index in [0.717, 1.165) is 38.5 Å². The van der Waals surface area contributed by atoms with Gasteiger partial charge in [-0.3, -0.25) is 4.79 Å². The first-order valence-corrected chi connectivity index (χ1v) is 27.2. The van der Waals surface area contributed by atoms with Crippen molar-refractivity contribution in [3.8, 4) is 0 Å². The normalized spacial score (nSPS) is 21.0. The first kappa shape index (κ1) is 61.6. The molecule has 1 rings (SSSR count). The Morgan fingerprint density at radius 2 is 0.923 bits per heavy atom. The maximum Gasteiger partial charge on any atom is 0.249 e. The van der Waals surface area contributed by atoms with Gasteiger partial charge >= 0.3 is 0 Å². The van der Waals surface area contributed by atoms with E-state index in [2.05, 4.69) is 43.5 Å². The summed E-state index contributed by atoms with van der Waals surface area (Å²) in [7, 11) is 0. The van der Waals surface area contributed by atoms with E-state index in [-0.39, 0.29) is 12.8 Å². The van der Waals surface area contributed by atoms with Crippen LogP contribution in [0.15, 0.2) is 24.3 Å². The molecule has 8 N–H and O–H groups in total. The van der Waals surface area contributed by atoms with Gasteiger partial charge in [-0.2, -0.15) is 0 Å². The van der Waals surface area contributed by atoms with Crippen LogP contribution in [0, 0.1) is 0 Å². The molecule has 0 spiro atoms. The highest BCUT2D eigenvalue weighted by Crippen LogP contribution is 2.23. The van der Waals surface area contributed by atoms with Gasteiger partial charge in [-0.1, -0.05) is 218 Å². The van der Waals surface area contributed by atoms with Crippen molar-refractivity contribution in [1.82, 2.24) is 5.32 Å². The minimum Gasteiger partial charge on any atom is -0.394 e. The van der Waals surface area contributed by atoms with Crippen molar-refractivity contribution in [1.29, 1.82) is 0 Å². The molecule has 384 valence electrons. The lowest BCUT2D eigenvalue weighted by atomic mass is 9.98. The molecule has 11 nitrogen and oxygen atoms in total. The molecule has 1 aliphatic rings. The molecule has 65 heavy (non-hydrogen) atoms. The Balaban J connectivity index is 2.39. The number of rotatable bonds is 46. The third-order valence-electron chi connectivity index (χ3n) is 13.2. The van der Waals surface area contributed by atoms with Crippen LogP contribution in [0.4, 0.5) is 0 Å². The SMILES string of the molecule is CCCCCCCCCCCCC/C=C/CC/C=C/CCCC(O)C(O)C(COC1OC(CO)C(O)C(O)C1O)NC(=O)C(O)CCCCCCCCCCCCCCCCCCCC. The highest BCUT2D eigenvalue weighted by Gasteiger charge is 2.44. The summed E-state index contributed by atoms with van der Waals surface area (Å²) in [5.74, 6) is -0.707. The number of hydrogen-bond donors (Lipinski definition) is 8. The van der Waals surface area contributed by atoms with Gasteiger partial charge in [0.25, 0.3) is 0 Å². The van der Waals surface area contributed by atoms with Crippen LogP contribution in [0.25, 0.3) is 0 Å². The Morgan fingerprint density at radius 1 is 0.523 bits per heavy atom. The van der Waals surface area contributed by atoms with E-state index >= 15 is 0 Å². The molecule has 1 saturated heterocycles. The molecule has 1 aliphatic heterocycles. The number of hydrogen-bond acceptors (Lipinski definition) is 10. The molecule has 9 atom stereocenters. The summed E-state index contributed by atoms with van der Waals surface area (Å²) in [5, 5.41) is 76.0. The fourth-order valence-corrected chi connectivity index (χ4v) is 8.75. The Kier molecular flexibility index (Phi) is 41.6. The Hall–Kier alpha value is -1.41. The van der Waals surface area contributed by atoms with Crippen LogP contribution >= 0.6 is 0 Å². The van der Waals surface area contributed by atoms with Gasteiger partial charge in [-0.25, -0.2) is 0 Å². The van der Waals surface area contributed by atoms with Gasteiger partial charge in [-0.15, -0.1) is 0 Å². The second kappa shape index (κ2) is 43.8. The Labute approximate surface area is 397 Å². The second-order valence-corrected chi connectivity index (χ2v) is 19.3. The zero-order valence-electron chi connectivity index (χ0n) is 41.7. The molecule has 0 aliphatic carbocycles. The predicted molar refractivity (Wildman–Crippen MR) is 266 cm³/mol. The maximum absolute atomic E-state index is 13.1. The average Bonchev–Trinajstić information content (AvgIpc) is 3.31. The quantitative estimate of drug-likeness (QED) is 0.0216. The van der Waals surface area contributed by atoms with Gasteiger partial charge in [0, 0.05) is 0 Å². The molecule has 0 aromatic heterocycles. The summed E-state index contributed by atoms with van der Waals surface area (Å²) in [6, 6.07) is -1.19. The van der Waals surface area contributed by atoms with E-state index in [1.807, 2.05) is 0 Å². The first-order valence-electron chi connectivity index (χ1n) is 27.2. The van der Waals surface area contributed by atoms with Gasteiger partial charge in [0.2, 0.25) is 5.91 Å². The fourth-order valence-electron chi connectivity index (χ4n) is 8.75. The molecule has 0 aromatic carbocycles. The van der Waals surface area contributed by atoms with E-state index < -0.39 is 74.2 Å². The molecule has 1 amide bonds. The summed E-state index contributed by atoms with van der Waals surface area (Å²) >= 11 is 0. The lowest BCUT2D eigenvalue weighted by molar-refractivity contribution is -0.303. The summed E-state index contributed by atoms with van der Waals surface area (Å²) in [6.07, 6.45) is 39.4. The Morgan fingerprint density at radius 3 is 1.37 bits per heavy atom. The first-order chi connectivity index (χ1) is 31.7. The van der Waals surface area contributed by atoms with Crippen LogP contribution in [0.3, 0.4) is 0 Å². The lowest BCUT2D eigenvalue weighted by Gasteiger charge is -2.40. The second-order valence-electron chi connectivity index (χ2n) is 19.3. The third-order valence-corrected chi connectivity index (χ3v) is 13.2. The van der Waals surface area contributed by atoms with Crippen LogP contribution in [-0.4, -0.2) is 110 Å². The highest BCUT2D eigenvalue weighted by atomic mass is 16.7. The summed E-state index contributed by atoms with van der Waals surface area (Å²) in [4.78, 5) is 13.1. The van der Waals surface area contributed by atoms with Gasteiger partial charge < -0.3 is 50.5 Å². The number of carbonyl (C=O) groups excluding carboxylic acids is 1. The highest BCUT2D eigenvalue weighted by molar-refractivity contribution is 5.80. The number of allylic oxidation sites excluding steroid dienone is 4. The number of unbranched alkanes of at least 4 members (excludes halogenated alkanes) is 30. The average molecular weight is 926 g/mol. The summed E-state index contributed by atoms with van der Waals surface area (Å²) in [5.41, 5.74) is 0. The molecular formula is C54H103NO10. The molecule has 0 saturated carbocycles. The van der Waals surface area contributed by atoms with Crippen molar-refractivity contribution in [3.05, 3.63) is 24.3 Å². The van der Waals surface area contributed by atoms with Crippen LogP contribution < -0.4 is 5.32 Å². The van der Waals surface area contributed by atoms with Gasteiger partial charge in [0.15, 0.2) is 6.29 Å². The van der Waals surface area contributed by atoms with Crippen molar-refractivity contribution < 1.29 is 50.0 Å². The van der Waals surface area contributed by atoms with Crippen LogP contribution in [-0.2, 0) is 14.3 Å². The molecule has 11 heteroatoms. The van der Waals surface area contributed by atoms with Crippen molar-refractivity contribution in [2.75, 3.05) is 13.2 Å². The third kappa shape index (κ3) is 32.9. The fraction of sp³-hybridized carbons (Fsp3) is 0.907. The zero-order valence-corrected chi connectivity index (χ0v) is 41.7. The van der Waals surface area contributed by atoms with Gasteiger partial charge in [0.05, 0.1) is 25.4 Å². The number of aliphatic hydroxyl groups is 7. The Bertz CT molecular complexity index is 1110. The van der Waals surface area contributed by atoms with Crippen LogP contribution in [0.5, 0.6) is 0 Å². The molecule has 0 aromatic rings. The monoisotopic (exact) mass is 926 g/mol. The molecule has 0 radical (unpaired) electrons. The number of aliphatic hydroxyl groups excluding tert-OH is 7. The topological polar surface area (TPSA) is 189 Å². The predicted octanol–water partition coefficient (Wildman–Crippen LogP) is 10.6. The van der Waals surface area contributed by atoms with Gasteiger partial charge in [0.1, 0.15) is 36.6 Å². The molecule has 1 heterocycles.